The molecule has 0 fully saturated rings. The number of aromatic carboxylic acids is 1. The van der Waals surface area contributed by atoms with Crippen molar-refractivity contribution in [1.29, 1.82) is 0 Å². The predicted octanol–water partition coefficient (Wildman–Crippen LogP) is 2.17. The van der Waals surface area contributed by atoms with E-state index in [0.29, 0.717) is 12.3 Å². The number of nitrogens with zero attached hydrogens (tertiary/aromatic N) is 3. The molecule has 1 aromatic carbocycles. The highest BCUT2D eigenvalue weighted by Gasteiger charge is 2.09. The number of nitrogens with one attached hydrogen (secondary N) is 1. The van der Waals surface area contributed by atoms with Crippen molar-refractivity contribution in [2.45, 2.75) is 6.54 Å². The monoisotopic (exact) mass is 284 g/mol. The number of rotatable bonds is 5. The highest BCUT2D eigenvalue weighted by Crippen LogP contribution is 2.20. The molecule has 21 heavy (non-hydrogen) atoms. The Labute approximate surface area is 119 Å². The van der Waals surface area contributed by atoms with Crippen LogP contribution in [0.2, 0.25) is 0 Å². The van der Waals surface area contributed by atoms with E-state index in [1.807, 2.05) is 24.3 Å². The lowest BCUT2D eigenvalue weighted by atomic mass is 10.2. The fourth-order valence-corrected chi connectivity index (χ4v) is 1.93. The van der Waals surface area contributed by atoms with Crippen molar-refractivity contribution in [3.05, 3.63) is 60.3 Å². The second-order valence-corrected chi connectivity index (χ2v) is 4.29. The van der Waals surface area contributed by atoms with Crippen molar-refractivity contribution in [1.82, 2.24) is 15.0 Å². The van der Waals surface area contributed by atoms with Gasteiger partial charge in [-0.15, -0.1) is 5.10 Å². The maximum Gasteiger partial charge on any atom is 0.371 e. The Morgan fingerprint density at radius 2 is 2.14 bits per heavy atom. The second kappa shape index (κ2) is 5.49. The molecule has 0 saturated carbocycles. The molecule has 0 amide bonds. The zero-order chi connectivity index (χ0) is 14.7. The molecular formula is C14H12N4O3. The molecule has 106 valence electrons. The van der Waals surface area contributed by atoms with Crippen LogP contribution in [0.3, 0.4) is 0 Å². The van der Waals surface area contributed by atoms with Crippen molar-refractivity contribution < 1.29 is 14.3 Å². The minimum Gasteiger partial charge on any atom is -0.475 e. The Morgan fingerprint density at radius 3 is 2.86 bits per heavy atom. The number of furan rings is 1. The molecule has 3 rings (SSSR count). The van der Waals surface area contributed by atoms with Gasteiger partial charge in [-0.2, -0.15) is 0 Å². The molecule has 0 spiro atoms. The summed E-state index contributed by atoms with van der Waals surface area (Å²) in [5.41, 5.74) is 1.69. The number of hydrogen-bond acceptors (Lipinski definition) is 5. The van der Waals surface area contributed by atoms with Gasteiger partial charge in [-0.25, -0.2) is 9.48 Å². The molecular weight excluding hydrogens is 272 g/mol. The Balaban J connectivity index is 1.77. The van der Waals surface area contributed by atoms with Crippen LogP contribution in [0.25, 0.3) is 5.69 Å². The van der Waals surface area contributed by atoms with Crippen molar-refractivity contribution in [2.24, 2.45) is 0 Å². The van der Waals surface area contributed by atoms with Gasteiger partial charge in [-0.3, -0.25) is 0 Å². The van der Waals surface area contributed by atoms with E-state index in [1.165, 1.54) is 6.07 Å². The number of hydrogen-bond donors (Lipinski definition) is 2. The maximum absolute atomic E-state index is 10.8. The number of para-hydroxylation sites is 2. The summed E-state index contributed by atoms with van der Waals surface area (Å²) in [5.74, 6) is -0.610. The lowest BCUT2D eigenvalue weighted by Gasteiger charge is -2.10. The molecule has 7 heteroatoms. The van der Waals surface area contributed by atoms with Gasteiger partial charge in [0.1, 0.15) is 5.76 Å². The van der Waals surface area contributed by atoms with E-state index in [-0.39, 0.29) is 5.76 Å². The average molecular weight is 284 g/mol. The Hall–Kier alpha value is -3.09. The Kier molecular flexibility index (Phi) is 3.38. The van der Waals surface area contributed by atoms with E-state index in [2.05, 4.69) is 15.6 Å². The number of carbonyl (C=O) groups is 1. The van der Waals surface area contributed by atoms with Gasteiger partial charge in [-0.1, -0.05) is 17.3 Å². The maximum atomic E-state index is 10.8. The molecule has 0 aliphatic rings. The molecule has 0 unspecified atom stereocenters. The third-order valence-electron chi connectivity index (χ3n) is 2.90. The molecule has 0 saturated heterocycles. The van der Waals surface area contributed by atoms with Crippen molar-refractivity contribution in [2.75, 3.05) is 5.32 Å². The van der Waals surface area contributed by atoms with Crippen LogP contribution in [0.5, 0.6) is 0 Å². The number of anilines is 1. The summed E-state index contributed by atoms with van der Waals surface area (Å²) in [6.07, 6.45) is 3.35. The van der Waals surface area contributed by atoms with Gasteiger partial charge in [0.2, 0.25) is 5.76 Å². The highest BCUT2D eigenvalue weighted by atomic mass is 16.4. The van der Waals surface area contributed by atoms with E-state index in [4.69, 9.17) is 9.52 Å². The number of benzene rings is 1. The Bertz CT molecular complexity index is 749. The first-order valence-corrected chi connectivity index (χ1v) is 6.25. The molecule has 0 radical (unpaired) electrons. The minimum absolute atomic E-state index is 0.0728. The first-order chi connectivity index (χ1) is 10.2. The minimum atomic E-state index is -1.08. The van der Waals surface area contributed by atoms with Crippen molar-refractivity contribution in [3.63, 3.8) is 0 Å². The van der Waals surface area contributed by atoms with Gasteiger partial charge < -0.3 is 14.8 Å². The first-order valence-electron chi connectivity index (χ1n) is 6.25. The lowest BCUT2D eigenvalue weighted by molar-refractivity contribution is 0.0660. The van der Waals surface area contributed by atoms with Gasteiger partial charge in [0, 0.05) is 0 Å². The van der Waals surface area contributed by atoms with Crippen molar-refractivity contribution >= 4 is 11.7 Å². The zero-order valence-electron chi connectivity index (χ0n) is 10.9. The average Bonchev–Trinajstić information content (AvgIpc) is 3.17. The fourth-order valence-electron chi connectivity index (χ4n) is 1.93. The van der Waals surface area contributed by atoms with Gasteiger partial charge >= 0.3 is 5.97 Å². The third-order valence-corrected chi connectivity index (χ3v) is 2.90. The summed E-state index contributed by atoms with van der Waals surface area (Å²) in [5, 5.41) is 19.8. The molecule has 7 nitrogen and oxygen atoms in total. The van der Waals surface area contributed by atoms with Crippen LogP contribution in [-0.4, -0.2) is 26.1 Å². The molecule has 2 N–H and O–H groups in total. The van der Waals surface area contributed by atoms with E-state index >= 15 is 0 Å². The highest BCUT2D eigenvalue weighted by molar-refractivity contribution is 5.84. The molecule has 0 aliphatic carbocycles. The lowest BCUT2D eigenvalue weighted by Crippen LogP contribution is -2.04. The smallest absolute Gasteiger partial charge is 0.371 e. The van der Waals surface area contributed by atoms with Crippen LogP contribution < -0.4 is 5.32 Å². The van der Waals surface area contributed by atoms with Crippen molar-refractivity contribution in [3.8, 4) is 5.69 Å². The van der Waals surface area contributed by atoms with Gasteiger partial charge in [0.25, 0.3) is 0 Å². The van der Waals surface area contributed by atoms with Crippen LogP contribution in [0.15, 0.2) is 53.2 Å². The number of aromatic nitrogens is 3. The topological polar surface area (TPSA) is 93.2 Å². The van der Waals surface area contributed by atoms with Gasteiger partial charge in [0.05, 0.1) is 30.3 Å². The number of carboxylic acid groups (broad SMARTS) is 1. The third kappa shape index (κ3) is 2.76. The summed E-state index contributed by atoms with van der Waals surface area (Å²) < 4.78 is 6.85. The zero-order valence-corrected chi connectivity index (χ0v) is 10.9. The predicted molar refractivity (Wildman–Crippen MR) is 74.4 cm³/mol. The first kappa shape index (κ1) is 12.9. The summed E-state index contributed by atoms with van der Waals surface area (Å²) >= 11 is 0. The molecule has 0 atom stereocenters. The standard InChI is InChI=1S/C14H12N4O3/c19-14(20)13-6-5-10(21-13)9-15-11-3-1-2-4-12(11)18-8-7-16-17-18/h1-8,15H,9H2,(H,19,20). The fraction of sp³-hybridized carbons (Fsp3) is 0.0714. The van der Waals surface area contributed by atoms with Crippen LogP contribution >= 0.6 is 0 Å². The molecule has 0 aliphatic heterocycles. The van der Waals surface area contributed by atoms with Gasteiger partial charge in [-0.05, 0) is 24.3 Å². The largest absolute Gasteiger partial charge is 0.475 e. The quantitative estimate of drug-likeness (QED) is 0.745. The summed E-state index contributed by atoms with van der Waals surface area (Å²) in [6.45, 7) is 0.374. The normalized spacial score (nSPS) is 10.5. The SMILES string of the molecule is O=C(O)c1ccc(CNc2ccccc2-n2ccnn2)o1. The Morgan fingerprint density at radius 1 is 1.29 bits per heavy atom. The molecule has 2 aromatic heterocycles. The van der Waals surface area contributed by atoms with E-state index in [9.17, 15) is 4.79 Å². The van der Waals surface area contributed by atoms with Crippen LogP contribution in [0.1, 0.15) is 16.3 Å². The second-order valence-electron chi connectivity index (χ2n) is 4.29. The number of carboxylic acids is 1. The van der Waals surface area contributed by atoms with Gasteiger partial charge in [0.15, 0.2) is 0 Å². The summed E-state index contributed by atoms with van der Waals surface area (Å²) in [6, 6.07) is 10.7. The van der Waals surface area contributed by atoms with E-state index < -0.39 is 5.97 Å². The molecule has 0 bridgehead atoms. The summed E-state index contributed by atoms with van der Waals surface area (Å²) in [4.78, 5) is 10.8. The molecule has 3 aromatic rings. The van der Waals surface area contributed by atoms with E-state index in [0.717, 1.165) is 11.4 Å². The van der Waals surface area contributed by atoms with Crippen LogP contribution in [0, 0.1) is 0 Å². The molecule has 2 heterocycles. The van der Waals surface area contributed by atoms with Crippen LogP contribution in [0.4, 0.5) is 5.69 Å². The van der Waals surface area contributed by atoms with E-state index in [1.54, 1.807) is 23.1 Å². The van der Waals surface area contributed by atoms with Crippen LogP contribution in [-0.2, 0) is 6.54 Å². The summed E-state index contributed by atoms with van der Waals surface area (Å²) in [7, 11) is 0.